The van der Waals surface area contributed by atoms with Crippen molar-refractivity contribution >= 4 is 17.3 Å². The number of aryl methyl sites for hydroxylation is 3. The Hall–Kier alpha value is -1.29. The van der Waals surface area contributed by atoms with Crippen LogP contribution in [0.25, 0.3) is 0 Å². The molecule has 0 atom stereocenters. The second-order valence-electron chi connectivity index (χ2n) is 6.21. The lowest BCUT2D eigenvalue weighted by atomic mass is 9.95. The number of rotatable bonds is 4. The third-order valence-corrected chi connectivity index (χ3v) is 5.61. The number of nitrogens with one attached hydrogen (secondary N) is 1. The average molecular weight is 303 g/mol. The average Bonchev–Trinajstić information content (AvgIpc) is 3.01. The van der Waals surface area contributed by atoms with Gasteiger partial charge >= 0.3 is 0 Å². The summed E-state index contributed by atoms with van der Waals surface area (Å²) in [5.41, 5.74) is 2.50. The number of hydrogen-bond donors (Lipinski definition) is 1. The topological polar surface area (TPSA) is 29.9 Å². The van der Waals surface area contributed by atoms with Gasteiger partial charge in [-0.2, -0.15) is 0 Å². The molecule has 1 aliphatic rings. The van der Waals surface area contributed by atoms with Crippen LogP contribution in [0.4, 0.5) is 5.95 Å². The Morgan fingerprint density at radius 2 is 2.00 bits per heavy atom. The quantitative estimate of drug-likeness (QED) is 0.862. The van der Waals surface area contributed by atoms with Gasteiger partial charge in [-0.15, -0.1) is 11.3 Å². The molecule has 0 aromatic carbocycles. The van der Waals surface area contributed by atoms with Crippen molar-refractivity contribution in [1.82, 2.24) is 9.55 Å². The van der Waals surface area contributed by atoms with Gasteiger partial charge < -0.3 is 9.88 Å². The van der Waals surface area contributed by atoms with Crippen LogP contribution >= 0.6 is 11.3 Å². The molecule has 4 heteroatoms. The van der Waals surface area contributed by atoms with Gasteiger partial charge in [-0.25, -0.2) is 4.98 Å². The minimum absolute atomic E-state index is 0.634. The summed E-state index contributed by atoms with van der Waals surface area (Å²) in [5, 5.41) is 3.55. The molecule has 2 aromatic heterocycles. The lowest BCUT2D eigenvalue weighted by Gasteiger charge is -2.24. The summed E-state index contributed by atoms with van der Waals surface area (Å²) in [6.45, 7) is 7.34. The Kier molecular flexibility index (Phi) is 4.34. The Morgan fingerprint density at radius 1 is 1.24 bits per heavy atom. The molecule has 114 valence electrons. The summed E-state index contributed by atoms with van der Waals surface area (Å²) in [5.74, 6) is 1.04. The standard InChI is InChI=1S/C17H25N3S/c1-12-9-16(21-14(12)3)10-18-17-19-13(2)11-20(17)15-7-5-4-6-8-15/h9,11,15H,4-8,10H2,1-3H3,(H,18,19). The zero-order valence-electron chi connectivity index (χ0n) is 13.3. The maximum atomic E-state index is 4.69. The summed E-state index contributed by atoms with van der Waals surface area (Å²) in [6, 6.07) is 2.92. The van der Waals surface area contributed by atoms with E-state index in [0.29, 0.717) is 6.04 Å². The second-order valence-corrected chi connectivity index (χ2v) is 7.55. The minimum atomic E-state index is 0.634. The summed E-state index contributed by atoms with van der Waals surface area (Å²) >= 11 is 1.88. The van der Waals surface area contributed by atoms with Crippen LogP contribution in [0, 0.1) is 20.8 Å². The summed E-state index contributed by atoms with van der Waals surface area (Å²) in [7, 11) is 0. The molecule has 21 heavy (non-hydrogen) atoms. The third kappa shape index (κ3) is 3.31. The SMILES string of the molecule is Cc1cn(C2CCCCC2)c(NCc2cc(C)c(C)s2)n1. The zero-order valence-corrected chi connectivity index (χ0v) is 14.1. The molecule has 2 aromatic rings. The van der Waals surface area contributed by atoms with Crippen molar-refractivity contribution in [2.45, 2.75) is 65.5 Å². The fourth-order valence-corrected chi connectivity index (χ4v) is 4.18. The second kappa shape index (κ2) is 6.22. The minimum Gasteiger partial charge on any atom is -0.351 e. The van der Waals surface area contributed by atoms with Gasteiger partial charge in [0.2, 0.25) is 5.95 Å². The van der Waals surface area contributed by atoms with Gasteiger partial charge in [0, 0.05) is 22.0 Å². The Labute approximate surface area is 131 Å². The molecule has 1 saturated carbocycles. The van der Waals surface area contributed by atoms with Gasteiger partial charge in [0.1, 0.15) is 0 Å². The molecule has 0 aliphatic heterocycles. The van der Waals surface area contributed by atoms with Gasteiger partial charge in [0.25, 0.3) is 0 Å². The molecule has 1 aliphatic carbocycles. The van der Waals surface area contributed by atoms with Crippen molar-refractivity contribution in [1.29, 1.82) is 0 Å². The van der Waals surface area contributed by atoms with Gasteiger partial charge in [-0.05, 0) is 45.2 Å². The van der Waals surface area contributed by atoms with E-state index < -0.39 is 0 Å². The van der Waals surface area contributed by atoms with E-state index >= 15 is 0 Å². The molecule has 3 nitrogen and oxygen atoms in total. The van der Waals surface area contributed by atoms with Gasteiger partial charge in [0.05, 0.1) is 12.2 Å². The van der Waals surface area contributed by atoms with Crippen LogP contribution in [0.1, 0.15) is 59.2 Å². The smallest absolute Gasteiger partial charge is 0.203 e. The molecule has 0 spiro atoms. The molecule has 3 rings (SSSR count). The Morgan fingerprint density at radius 3 is 2.67 bits per heavy atom. The summed E-state index contributed by atoms with van der Waals surface area (Å²) < 4.78 is 2.38. The fourth-order valence-electron chi connectivity index (χ4n) is 3.19. The highest BCUT2D eigenvalue weighted by atomic mass is 32.1. The normalized spacial score (nSPS) is 16.3. The van der Waals surface area contributed by atoms with Gasteiger partial charge in [-0.1, -0.05) is 19.3 Å². The Balaban J connectivity index is 1.72. The van der Waals surface area contributed by atoms with E-state index in [1.54, 1.807) is 0 Å². The van der Waals surface area contributed by atoms with Crippen LogP contribution in [0.15, 0.2) is 12.3 Å². The molecule has 1 N–H and O–H groups in total. The largest absolute Gasteiger partial charge is 0.351 e. The molecule has 0 radical (unpaired) electrons. The highest BCUT2D eigenvalue weighted by Crippen LogP contribution is 2.31. The van der Waals surface area contributed by atoms with Crippen molar-refractivity contribution in [2.75, 3.05) is 5.32 Å². The molecule has 1 fully saturated rings. The molecule has 0 bridgehead atoms. The molecular weight excluding hydrogens is 278 g/mol. The summed E-state index contributed by atoms with van der Waals surface area (Å²) in [4.78, 5) is 7.49. The number of aromatic nitrogens is 2. The van der Waals surface area contributed by atoms with E-state index in [9.17, 15) is 0 Å². The van der Waals surface area contributed by atoms with Crippen LogP contribution in [-0.2, 0) is 6.54 Å². The molecule has 0 amide bonds. The molecule has 2 heterocycles. The highest BCUT2D eigenvalue weighted by molar-refractivity contribution is 7.12. The van der Waals surface area contributed by atoms with Crippen molar-refractivity contribution < 1.29 is 0 Å². The predicted octanol–water partition coefficient (Wildman–Crippen LogP) is 4.99. The lowest BCUT2D eigenvalue weighted by molar-refractivity contribution is 0.355. The first kappa shape index (κ1) is 14.6. The van der Waals surface area contributed by atoms with Crippen LogP contribution in [-0.4, -0.2) is 9.55 Å². The molecular formula is C17H25N3S. The van der Waals surface area contributed by atoms with Crippen LogP contribution in [0.5, 0.6) is 0 Å². The number of anilines is 1. The fraction of sp³-hybridized carbons (Fsp3) is 0.588. The first-order chi connectivity index (χ1) is 10.1. The van der Waals surface area contributed by atoms with Crippen molar-refractivity contribution in [2.24, 2.45) is 0 Å². The maximum absolute atomic E-state index is 4.69. The molecule has 0 unspecified atom stereocenters. The molecule has 0 saturated heterocycles. The lowest BCUT2D eigenvalue weighted by Crippen LogP contribution is -2.15. The van der Waals surface area contributed by atoms with Gasteiger partial charge in [0.15, 0.2) is 0 Å². The Bertz CT molecular complexity index is 586. The van der Waals surface area contributed by atoms with E-state index in [1.807, 2.05) is 11.3 Å². The van der Waals surface area contributed by atoms with E-state index in [2.05, 4.69) is 47.9 Å². The highest BCUT2D eigenvalue weighted by Gasteiger charge is 2.18. The summed E-state index contributed by atoms with van der Waals surface area (Å²) in [6.07, 6.45) is 8.89. The van der Waals surface area contributed by atoms with E-state index in [0.717, 1.165) is 18.2 Å². The maximum Gasteiger partial charge on any atom is 0.203 e. The predicted molar refractivity (Wildman–Crippen MR) is 90.2 cm³/mol. The zero-order chi connectivity index (χ0) is 14.8. The number of thiophene rings is 1. The third-order valence-electron chi connectivity index (χ3n) is 4.46. The first-order valence-electron chi connectivity index (χ1n) is 7.99. The van der Waals surface area contributed by atoms with E-state index in [4.69, 9.17) is 0 Å². The van der Waals surface area contributed by atoms with Crippen LogP contribution < -0.4 is 5.32 Å². The van der Waals surface area contributed by atoms with Gasteiger partial charge in [-0.3, -0.25) is 0 Å². The van der Waals surface area contributed by atoms with Crippen molar-refractivity contribution in [3.05, 3.63) is 33.3 Å². The number of hydrogen-bond acceptors (Lipinski definition) is 3. The van der Waals surface area contributed by atoms with E-state index in [-0.39, 0.29) is 0 Å². The van der Waals surface area contributed by atoms with Crippen LogP contribution in [0.2, 0.25) is 0 Å². The number of nitrogens with zero attached hydrogens (tertiary/aromatic N) is 2. The first-order valence-corrected chi connectivity index (χ1v) is 8.80. The van der Waals surface area contributed by atoms with Crippen molar-refractivity contribution in [3.63, 3.8) is 0 Å². The monoisotopic (exact) mass is 303 g/mol. The van der Waals surface area contributed by atoms with Crippen LogP contribution in [0.3, 0.4) is 0 Å². The number of imidazole rings is 1. The van der Waals surface area contributed by atoms with Crippen molar-refractivity contribution in [3.8, 4) is 0 Å². The van der Waals surface area contributed by atoms with E-state index in [1.165, 1.54) is 47.4 Å².